The third-order valence-electron chi connectivity index (χ3n) is 4.42. The van der Waals surface area contributed by atoms with Gasteiger partial charge in [-0.2, -0.15) is 0 Å². The lowest BCUT2D eigenvalue weighted by Gasteiger charge is -2.18. The van der Waals surface area contributed by atoms with E-state index in [1.807, 2.05) is 12.1 Å². The second-order valence-electron chi connectivity index (χ2n) is 6.50. The topological polar surface area (TPSA) is 48.0 Å². The largest absolute Gasteiger partial charge is 0.492 e. The number of ether oxygens (including phenoxy) is 3. The smallest absolute Gasteiger partial charge is 0.253 e. The van der Waals surface area contributed by atoms with Gasteiger partial charge in [-0.15, -0.1) is 0 Å². The summed E-state index contributed by atoms with van der Waals surface area (Å²) >= 11 is 5.85. The molecule has 0 aliphatic carbocycles. The van der Waals surface area contributed by atoms with Crippen LogP contribution in [-0.4, -0.2) is 50.3 Å². The zero-order chi connectivity index (χ0) is 19.1. The van der Waals surface area contributed by atoms with Crippen LogP contribution in [0, 0.1) is 0 Å². The molecule has 0 radical (unpaired) electrons. The van der Waals surface area contributed by atoms with Gasteiger partial charge in [-0.1, -0.05) is 11.6 Å². The van der Waals surface area contributed by atoms with E-state index < -0.39 is 0 Å². The summed E-state index contributed by atoms with van der Waals surface area (Å²) in [5.74, 6) is 1.42. The van der Waals surface area contributed by atoms with Crippen molar-refractivity contribution in [3.63, 3.8) is 0 Å². The number of amides is 1. The molecule has 6 heteroatoms. The summed E-state index contributed by atoms with van der Waals surface area (Å²) in [7, 11) is 1.76. The molecule has 1 aliphatic rings. The molecule has 144 valence electrons. The van der Waals surface area contributed by atoms with Crippen LogP contribution in [0.25, 0.3) is 0 Å². The number of halogens is 1. The molecule has 0 aromatic heterocycles. The Kier molecular flexibility index (Phi) is 6.96. The molecule has 0 spiro atoms. The van der Waals surface area contributed by atoms with Crippen molar-refractivity contribution in [2.24, 2.45) is 0 Å². The number of nitrogens with zero attached hydrogens (tertiary/aromatic N) is 1. The van der Waals surface area contributed by atoms with Gasteiger partial charge in [-0.25, -0.2) is 0 Å². The first-order valence-electron chi connectivity index (χ1n) is 9.10. The Hall–Kier alpha value is -2.24. The van der Waals surface area contributed by atoms with Gasteiger partial charge in [0.15, 0.2) is 0 Å². The Morgan fingerprint density at radius 1 is 1.11 bits per heavy atom. The van der Waals surface area contributed by atoms with Crippen LogP contribution in [0.5, 0.6) is 11.5 Å². The predicted molar refractivity (Wildman–Crippen MR) is 105 cm³/mol. The van der Waals surface area contributed by atoms with Crippen molar-refractivity contribution in [3.8, 4) is 11.5 Å². The maximum atomic E-state index is 12.5. The van der Waals surface area contributed by atoms with Crippen molar-refractivity contribution in [2.45, 2.75) is 18.9 Å². The number of carbonyl (C=O) groups is 1. The molecule has 0 N–H and O–H groups in total. The lowest BCUT2D eigenvalue weighted by atomic mass is 10.2. The van der Waals surface area contributed by atoms with Crippen LogP contribution in [0.1, 0.15) is 23.2 Å². The van der Waals surface area contributed by atoms with E-state index in [-0.39, 0.29) is 12.0 Å². The third-order valence-corrected chi connectivity index (χ3v) is 4.67. The number of hydrogen-bond donors (Lipinski definition) is 0. The summed E-state index contributed by atoms with van der Waals surface area (Å²) in [5, 5.41) is 0.665. The van der Waals surface area contributed by atoms with Crippen LogP contribution in [0.3, 0.4) is 0 Å². The highest BCUT2D eigenvalue weighted by molar-refractivity contribution is 6.30. The van der Waals surface area contributed by atoms with E-state index in [0.717, 1.165) is 30.9 Å². The maximum Gasteiger partial charge on any atom is 0.253 e. The molecule has 2 aromatic carbocycles. The van der Waals surface area contributed by atoms with E-state index in [9.17, 15) is 4.79 Å². The first kappa shape index (κ1) is 19.5. The molecule has 2 aromatic rings. The van der Waals surface area contributed by atoms with Gasteiger partial charge in [0, 0.05) is 24.2 Å². The van der Waals surface area contributed by atoms with E-state index in [2.05, 4.69) is 0 Å². The highest BCUT2D eigenvalue weighted by atomic mass is 35.5. The predicted octanol–water partition coefficient (Wildman–Crippen LogP) is 4.05. The van der Waals surface area contributed by atoms with E-state index in [1.165, 1.54) is 0 Å². The minimum Gasteiger partial charge on any atom is -0.492 e. The number of rotatable bonds is 8. The monoisotopic (exact) mass is 389 g/mol. The van der Waals surface area contributed by atoms with Crippen molar-refractivity contribution in [3.05, 3.63) is 59.1 Å². The molecular formula is C21H24ClNO4. The molecule has 1 heterocycles. The standard InChI is InChI=1S/C21H24ClNO4/c1-23(12-14-26-18-10-6-17(22)7-11-18)21(24)16-4-8-19(9-5-16)27-15-20-3-2-13-25-20/h4-11,20H,2-3,12-15H2,1H3. The van der Waals surface area contributed by atoms with Gasteiger partial charge in [0.05, 0.1) is 12.6 Å². The molecule has 1 fully saturated rings. The summed E-state index contributed by atoms with van der Waals surface area (Å²) in [6.45, 7) is 2.26. The van der Waals surface area contributed by atoms with Gasteiger partial charge in [-0.3, -0.25) is 4.79 Å². The molecule has 1 unspecified atom stereocenters. The molecule has 1 aliphatic heterocycles. The Labute approximate surface area is 164 Å². The number of carbonyl (C=O) groups excluding carboxylic acids is 1. The number of benzene rings is 2. The molecule has 0 saturated carbocycles. The number of likely N-dealkylation sites (N-methyl/N-ethyl adjacent to an activating group) is 1. The van der Waals surface area contributed by atoms with Gasteiger partial charge in [0.2, 0.25) is 0 Å². The van der Waals surface area contributed by atoms with Crippen molar-refractivity contribution in [2.75, 3.05) is 33.4 Å². The molecule has 1 saturated heterocycles. The van der Waals surface area contributed by atoms with Crippen molar-refractivity contribution >= 4 is 17.5 Å². The van der Waals surface area contributed by atoms with Crippen molar-refractivity contribution in [1.29, 1.82) is 0 Å². The quantitative estimate of drug-likeness (QED) is 0.683. The normalized spacial score (nSPS) is 16.1. The van der Waals surface area contributed by atoms with Crippen LogP contribution in [0.4, 0.5) is 0 Å². The lowest BCUT2D eigenvalue weighted by Crippen LogP contribution is -2.30. The summed E-state index contributed by atoms with van der Waals surface area (Å²) < 4.78 is 16.9. The Bertz CT molecular complexity index is 727. The SMILES string of the molecule is CN(CCOc1ccc(Cl)cc1)C(=O)c1ccc(OCC2CCCO2)cc1. The second-order valence-corrected chi connectivity index (χ2v) is 6.94. The maximum absolute atomic E-state index is 12.5. The van der Waals surface area contributed by atoms with Gasteiger partial charge in [-0.05, 0) is 61.4 Å². The summed E-state index contributed by atoms with van der Waals surface area (Å²) in [6, 6.07) is 14.4. The highest BCUT2D eigenvalue weighted by Crippen LogP contribution is 2.18. The minimum atomic E-state index is -0.0552. The zero-order valence-corrected chi connectivity index (χ0v) is 16.2. The number of hydrogen-bond acceptors (Lipinski definition) is 4. The summed E-state index contributed by atoms with van der Waals surface area (Å²) in [5.41, 5.74) is 0.619. The Morgan fingerprint density at radius 2 is 1.78 bits per heavy atom. The van der Waals surface area contributed by atoms with Crippen LogP contribution in [-0.2, 0) is 4.74 Å². The molecule has 3 rings (SSSR count). The van der Waals surface area contributed by atoms with Gasteiger partial charge < -0.3 is 19.1 Å². The second kappa shape index (κ2) is 9.62. The van der Waals surface area contributed by atoms with Crippen LogP contribution in [0.2, 0.25) is 5.02 Å². The summed E-state index contributed by atoms with van der Waals surface area (Å²) in [4.78, 5) is 14.1. The van der Waals surface area contributed by atoms with E-state index in [4.69, 9.17) is 25.8 Å². The van der Waals surface area contributed by atoms with E-state index >= 15 is 0 Å². The molecule has 1 atom stereocenters. The highest BCUT2D eigenvalue weighted by Gasteiger charge is 2.16. The van der Waals surface area contributed by atoms with Crippen molar-refractivity contribution < 1.29 is 19.0 Å². The van der Waals surface area contributed by atoms with Crippen LogP contribution >= 0.6 is 11.6 Å². The van der Waals surface area contributed by atoms with Crippen LogP contribution in [0.15, 0.2) is 48.5 Å². The average molecular weight is 390 g/mol. The van der Waals surface area contributed by atoms with Gasteiger partial charge in [0.25, 0.3) is 5.91 Å². The van der Waals surface area contributed by atoms with Crippen molar-refractivity contribution in [1.82, 2.24) is 4.90 Å². The molecule has 27 heavy (non-hydrogen) atoms. The molecule has 1 amide bonds. The zero-order valence-electron chi connectivity index (χ0n) is 15.4. The Balaban J connectivity index is 1.43. The Morgan fingerprint density at radius 3 is 2.44 bits per heavy atom. The fourth-order valence-corrected chi connectivity index (χ4v) is 2.94. The molecular weight excluding hydrogens is 366 g/mol. The minimum absolute atomic E-state index is 0.0552. The van der Waals surface area contributed by atoms with E-state index in [0.29, 0.717) is 30.3 Å². The molecule has 5 nitrogen and oxygen atoms in total. The summed E-state index contributed by atoms with van der Waals surface area (Å²) in [6.07, 6.45) is 2.31. The van der Waals surface area contributed by atoms with Gasteiger partial charge >= 0.3 is 0 Å². The third kappa shape index (κ3) is 5.88. The fourth-order valence-electron chi connectivity index (χ4n) is 2.81. The van der Waals surface area contributed by atoms with Crippen LogP contribution < -0.4 is 9.47 Å². The van der Waals surface area contributed by atoms with Gasteiger partial charge in [0.1, 0.15) is 24.7 Å². The first-order chi connectivity index (χ1) is 13.1. The van der Waals surface area contributed by atoms with E-state index in [1.54, 1.807) is 48.3 Å². The first-order valence-corrected chi connectivity index (χ1v) is 9.48. The lowest BCUT2D eigenvalue weighted by molar-refractivity contribution is 0.0679. The average Bonchev–Trinajstić information content (AvgIpc) is 3.21. The fraction of sp³-hybridized carbons (Fsp3) is 0.381. The molecule has 0 bridgehead atoms.